The molecule has 1 aromatic carbocycles. The number of rotatable bonds is 5. The first-order chi connectivity index (χ1) is 19.4. The number of likely N-dealkylation sites (N-methyl/N-ethyl adjacent to an activating group) is 1. The van der Waals surface area contributed by atoms with Crippen LogP contribution in [0.25, 0.3) is 11.0 Å². The van der Waals surface area contributed by atoms with Crippen molar-refractivity contribution in [1.82, 2.24) is 19.4 Å². The molecule has 5 aliphatic rings. The lowest BCUT2D eigenvalue weighted by Gasteiger charge is -2.54. The predicted molar refractivity (Wildman–Crippen MR) is 157 cm³/mol. The van der Waals surface area contributed by atoms with E-state index in [1.165, 1.54) is 64.2 Å². The Balaban J connectivity index is 1.22. The molecule has 7 rings (SSSR count). The van der Waals surface area contributed by atoms with E-state index in [-0.39, 0.29) is 17.6 Å². The van der Waals surface area contributed by atoms with Gasteiger partial charge < -0.3 is 19.5 Å². The van der Waals surface area contributed by atoms with E-state index in [1.807, 2.05) is 47.8 Å². The molecule has 7 atom stereocenters. The average molecular weight is 548 g/mol. The van der Waals surface area contributed by atoms with E-state index in [4.69, 9.17) is 4.98 Å². The third-order valence-corrected chi connectivity index (χ3v) is 11.2. The van der Waals surface area contributed by atoms with Crippen LogP contribution >= 0.6 is 0 Å². The van der Waals surface area contributed by atoms with Gasteiger partial charge in [0.1, 0.15) is 6.04 Å². The Bertz CT molecular complexity index is 1300. The predicted octanol–water partition coefficient (Wildman–Crippen LogP) is 4.52. The van der Waals surface area contributed by atoms with Gasteiger partial charge in [-0.15, -0.1) is 0 Å². The van der Waals surface area contributed by atoms with Gasteiger partial charge in [0.2, 0.25) is 0 Å². The van der Waals surface area contributed by atoms with Crippen LogP contribution in [0, 0.1) is 11.8 Å². The number of nitrogens with zero attached hydrogens (tertiary/aromatic N) is 5. The molecule has 2 saturated carbocycles. The Morgan fingerprint density at radius 3 is 2.20 bits per heavy atom. The van der Waals surface area contributed by atoms with Gasteiger partial charge in [-0.1, -0.05) is 44.2 Å². The average Bonchev–Trinajstić information content (AvgIpc) is 3.06. The number of hydrogen-bond donors (Lipinski definition) is 1. The van der Waals surface area contributed by atoms with E-state index in [0.29, 0.717) is 30.5 Å². The number of aromatic nitrogens is 2. The highest BCUT2D eigenvalue weighted by Crippen LogP contribution is 2.47. The number of fused-ring (bicyclic) bond motifs is 5. The highest BCUT2D eigenvalue weighted by molar-refractivity contribution is 5.83. The Morgan fingerprint density at radius 2 is 1.55 bits per heavy atom. The fourth-order valence-electron chi connectivity index (χ4n) is 9.44. The van der Waals surface area contributed by atoms with Crippen molar-refractivity contribution in [2.75, 3.05) is 25.5 Å². The van der Waals surface area contributed by atoms with E-state index in [1.54, 1.807) is 4.90 Å². The summed E-state index contributed by atoms with van der Waals surface area (Å²) in [5.41, 5.74) is 1.54. The second-order valence-corrected chi connectivity index (χ2v) is 13.8. The zero-order chi connectivity index (χ0) is 27.5. The summed E-state index contributed by atoms with van der Waals surface area (Å²) in [6.07, 6.45) is 15.6. The molecular formula is C32H45N5O3. The summed E-state index contributed by atoms with van der Waals surface area (Å²) in [4.78, 5) is 37.9. The normalized spacial score (nSPS) is 36.3. The lowest BCUT2D eigenvalue weighted by molar-refractivity contribution is -0.142. The largest absolute Gasteiger partial charge is 0.480 e. The number of aliphatic carboxylic acids is 1. The summed E-state index contributed by atoms with van der Waals surface area (Å²) in [5, 5.41) is 10.0. The Labute approximate surface area is 237 Å². The van der Waals surface area contributed by atoms with Gasteiger partial charge in [0.15, 0.2) is 5.82 Å². The van der Waals surface area contributed by atoms with Crippen LogP contribution < -0.4 is 10.5 Å². The van der Waals surface area contributed by atoms with Crippen LogP contribution in [0.15, 0.2) is 29.1 Å². The maximum atomic E-state index is 14.3. The van der Waals surface area contributed by atoms with Crippen molar-refractivity contribution in [1.29, 1.82) is 0 Å². The second-order valence-electron chi connectivity index (χ2n) is 13.8. The lowest BCUT2D eigenvalue weighted by Crippen LogP contribution is -2.69. The highest BCUT2D eigenvalue weighted by atomic mass is 16.4. The second kappa shape index (κ2) is 10.4. The third-order valence-electron chi connectivity index (χ3n) is 11.2. The van der Waals surface area contributed by atoms with Gasteiger partial charge in [-0.25, -0.2) is 9.78 Å². The zero-order valence-corrected chi connectivity index (χ0v) is 24.1. The van der Waals surface area contributed by atoms with Gasteiger partial charge in [0.05, 0.1) is 17.1 Å². The van der Waals surface area contributed by atoms with E-state index in [0.717, 1.165) is 35.7 Å². The molecule has 0 amide bonds. The van der Waals surface area contributed by atoms with Crippen LogP contribution in [0.5, 0.6) is 0 Å². The van der Waals surface area contributed by atoms with Crippen LogP contribution in [-0.2, 0) is 4.79 Å². The van der Waals surface area contributed by atoms with Crippen LogP contribution in [0.2, 0.25) is 0 Å². The van der Waals surface area contributed by atoms with E-state index < -0.39 is 12.0 Å². The third kappa shape index (κ3) is 4.46. The van der Waals surface area contributed by atoms with Crippen LogP contribution in [-0.4, -0.2) is 81.3 Å². The van der Waals surface area contributed by atoms with E-state index in [9.17, 15) is 14.7 Å². The molecular weight excluding hydrogens is 502 g/mol. The molecule has 0 radical (unpaired) electrons. The Morgan fingerprint density at radius 1 is 0.875 bits per heavy atom. The van der Waals surface area contributed by atoms with Crippen LogP contribution in [0.1, 0.15) is 83.1 Å². The minimum atomic E-state index is -0.901. The molecule has 3 aliphatic heterocycles. The molecule has 1 N–H and O–H groups in total. The summed E-state index contributed by atoms with van der Waals surface area (Å²) in [5.74, 6) is 1.21. The first-order valence-corrected chi connectivity index (χ1v) is 15.8. The van der Waals surface area contributed by atoms with E-state index in [2.05, 4.69) is 4.90 Å². The van der Waals surface area contributed by atoms with Crippen molar-refractivity contribution >= 4 is 22.8 Å². The summed E-state index contributed by atoms with van der Waals surface area (Å²) >= 11 is 0. The molecule has 2 aromatic rings. The first-order valence-electron chi connectivity index (χ1n) is 15.8. The highest BCUT2D eigenvalue weighted by Gasteiger charge is 2.48. The molecule has 1 unspecified atom stereocenters. The monoisotopic (exact) mass is 547 g/mol. The van der Waals surface area contributed by atoms with Gasteiger partial charge in [-0.05, 0) is 83.0 Å². The molecule has 8 heteroatoms. The minimum absolute atomic E-state index is 0.116. The van der Waals surface area contributed by atoms with Crippen molar-refractivity contribution < 1.29 is 9.90 Å². The maximum absolute atomic E-state index is 14.3. The number of carboxylic acids is 1. The molecule has 0 spiro atoms. The Hall–Kier alpha value is -2.45. The molecule has 3 saturated heterocycles. The molecule has 4 heterocycles. The molecule has 2 aliphatic carbocycles. The van der Waals surface area contributed by atoms with Gasteiger partial charge >= 0.3 is 5.97 Å². The number of para-hydroxylation sites is 2. The smallest absolute Gasteiger partial charge is 0.328 e. The fourth-order valence-corrected chi connectivity index (χ4v) is 9.44. The summed E-state index contributed by atoms with van der Waals surface area (Å²) in [6, 6.07) is 8.92. The van der Waals surface area contributed by atoms with Crippen molar-refractivity contribution in [3.8, 4) is 0 Å². The molecule has 5 fully saturated rings. The first kappa shape index (κ1) is 26.4. The quantitative estimate of drug-likeness (QED) is 0.590. The van der Waals surface area contributed by atoms with Crippen LogP contribution in [0.4, 0.5) is 5.82 Å². The molecule has 216 valence electrons. The topological polar surface area (TPSA) is 81.9 Å². The van der Waals surface area contributed by atoms with Gasteiger partial charge in [0.25, 0.3) is 5.56 Å². The maximum Gasteiger partial charge on any atom is 0.328 e. The van der Waals surface area contributed by atoms with Gasteiger partial charge in [-0.2, -0.15) is 0 Å². The Kier molecular flexibility index (Phi) is 6.90. The molecule has 40 heavy (non-hydrogen) atoms. The van der Waals surface area contributed by atoms with E-state index >= 15 is 0 Å². The molecule has 4 bridgehead atoms. The van der Waals surface area contributed by atoms with Crippen molar-refractivity contribution in [3.63, 3.8) is 0 Å². The van der Waals surface area contributed by atoms with Gasteiger partial charge in [-0.3, -0.25) is 9.69 Å². The fraction of sp³-hybridized carbons (Fsp3) is 0.719. The number of hydrogen-bond acceptors (Lipinski definition) is 6. The lowest BCUT2D eigenvalue weighted by atomic mass is 9.73. The van der Waals surface area contributed by atoms with Crippen molar-refractivity contribution in [3.05, 3.63) is 34.6 Å². The summed E-state index contributed by atoms with van der Waals surface area (Å²) < 4.78 is 2.02. The number of carbonyl (C=O) groups is 1. The number of anilines is 1. The SMILES string of the molecule is CN(C)[C@@H]1CN(c2nc3ccccc3n(C3C[C@H]4CCC[C@H](C3)N4[C@@H]3CC4CCCC[C@@H](C4)C3)c2=O)[C@@H]1C(=O)O. The van der Waals surface area contributed by atoms with Crippen molar-refractivity contribution in [2.24, 2.45) is 11.8 Å². The van der Waals surface area contributed by atoms with Crippen LogP contribution in [0.3, 0.4) is 0 Å². The standard InChI is InChI=1S/C32H45N5O3/c1-34(2)28-19-35(29(28)32(39)40)30-31(38)37(27-13-6-5-12-26(27)33-30)25-17-22-10-7-11-23(18-25)36(22)24-15-20-8-3-4-9-21(14-20)16-24/h5-6,12-13,20-25,28-29H,3-4,7-11,14-19H2,1-2H3,(H,39,40)/t20-,21?,22+,23+,24-,28+,29-/m0/s1. The minimum Gasteiger partial charge on any atom is -0.480 e. The summed E-state index contributed by atoms with van der Waals surface area (Å²) in [6.45, 7) is 0.498. The molecule has 8 nitrogen and oxygen atoms in total. The number of carboxylic acid groups (broad SMARTS) is 1. The zero-order valence-electron chi connectivity index (χ0n) is 24.1. The van der Waals surface area contributed by atoms with Gasteiger partial charge in [0, 0.05) is 30.7 Å². The number of piperidine rings is 2. The van der Waals surface area contributed by atoms with Crippen molar-refractivity contribution in [2.45, 2.75) is 113 Å². The molecule has 1 aromatic heterocycles. The number of benzene rings is 1. The summed E-state index contributed by atoms with van der Waals surface area (Å²) in [7, 11) is 3.80.